The van der Waals surface area contributed by atoms with Gasteiger partial charge in [0, 0.05) is 11.8 Å². The summed E-state index contributed by atoms with van der Waals surface area (Å²) >= 11 is 0. The number of benzene rings is 1. The molecule has 0 aliphatic heterocycles. The summed E-state index contributed by atoms with van der Waals surface area (Å²) in [6, 6.07) is 14.5. The Labute approximate surface area is 164 Å². The van der Waals surface area contributed by atoms with Gasteiger partial charge in [-0.1, -0.05) is 41.6 Å². The van der Waals surface area contributed by atoms with Crippen molar-refractivity contribution in [2.45, 2.75) is 6.92 Å². The average Bonchev–Trinajstić information content (AvgIpc) is 3.39. The molecule has 11 nitrogen and oxygen atoms in total. The molecule has 0 aliphatic rings. The molecule has 29 heavy (non-hydrogen) atoms. The van der Waals surface area contributed by atoms with Crippen LogP contribution >= 0.6 is 0 Å². The van der Waals surface area contributed by atoms with Crippen LogP contribution in [0.5, 0.6) is 0 Å². The van der Waals surface area contributed by atoms with Crippen LogP contribution in [-0.2, 0) is 0 Å². The van der Waals surface area contributed by atoms with E-state index >= 15 is 0 Å². The van der Waals surface area contributed by atoms with E-state index in [2.05, 4.69) is 40.8 Å². The summed E-state index contributed by atoms with van der Waals surface area (Å²) in [6.45, 7) is 1.73. The van der Waals surface area contributed by atoms with Crippen molar-refractivity contribution in [1.29, 1.82) is 0 Å². The predicted octanol–water partition coefficient (Wildman–Crippen LogP) is 1.45. The molecule has 1 aromatic carbocycles. The van der Waals surface area contributed by atoms with Gasteiger partial charge >= 0.3 is 0 Å². The fourth-order valence-electron chi connectivity index (χ4n) is 2.58. The molecule has 11 heteroatoms. The van der Waals surface area contributed by atoms with Crippen molar-refractivity contribution in [1.82, 2.24) is 35.7 Å². The number of hydrazone groups is 1. The van der Waals surface area contributed by atoms with Gasteiger partial charge in [-0.15, -0.1) is 5.10 Å². The highest BCUT2D eigenvalue weighted by Gasteiger charge is 2.25. The number of amides is 1. The van der Waals surface area contributed by atoms with Crippen LogP contribution in [0.15, 0.2) is 64.5 Å². The molecule has 0 atom stereocenters. The zero-order valence-corrected chi connectivity index (χ0v) is 15.2. The largest absolute Gasteiger partial charge is 0.378 e. The molecule has 0 fully saturated rings. The van der Waals surface area contributed by atoms with Gasteiger partial charge in [-0.3, -0.25) is 9.78 Å². The van der Waals surface area contributed by atoms with Crippen LogP contribution in [-0.4, -0.2) is 41.9 Å². The summed E-state index contributed by atoms with van der Waals surface area (Å²) in [5.41, 5.74) is 10.5. The van der Waals surface area contributed by atoms with Crippen molar-refractivity contribution >= 4 is 17.4 Å². The number of nitrogens with zero attached hydrogens (tertiary/aromatic N) is 7. The lowest BCUT2D eigenvalue weighted by Crippen LogP contribution is -2.24. The number of anilines is 1. The molecule has 4 rings (SSSR count). The zero-order chi connectivity index (χ0) is 20.2. The molecule has 3 N–H and O–H groups in total. The Morgan fingerprint density at radius 1 is 1.14 bits per heavy atom. The molecule has 0 saturated heterocycles. The van der Waals surface area contributed by atoms with E-state index < -0.39 is 5.91 Å². The molecule has 0 aliphatic carbocycles. The first-order valence-electron chi connectivity index (χ1n) is 8.50. The lowest BCUT2D eigenvalue weighted by atomic mass is 10.1. The lowest BCUT2D eigenvalue weighted by molar-refractivity contribution is 0.0947. The van der Waals surface area contributed by atoms with Crippen molar-refractivity contribution in [2.75, 3.05) is 5.73 Å². The van der Waals surface area contributed by atoms with Gasteiger partial charge in [0.25, 0.3) is 5.91 Å². The molecular formula is C18H15N9O2. The molecule has 4 aromatic rings. The minimum atomic E-state index is -0.563. The molecule has 1 amide bonds. The quantitative estimate of drug-likeness (QED) is 0.384. The van der Waals surface area contributed by atoms with Crippen LogP contribution in [0.1, 0.15) is 23.1 Å². The van der Waals surface area contributed by atoms with E-state index in [4.69, 9.17) is 5.73 Å². The van der Waals surface area contributed by atoms with Gasteiger partial charge in [-0.25, -0.2) is 10.1 Å². The van der Waals surface area contributed by atoms with Crippen molar-refractivity contribution in [3.63, 3.8) is 0 Å². The number of aromatic nitrogens is 6. The van der Waals surface area contributed by atoms with Crippen molar-refractivity contribution in [2.24, 2.45) is 5.10 Å². The second-order valence-electron chi connectivity index (χ2n) is 5.89. The van der Waals surface area contributed by atoms with Gasteiger partial charge in [0.2, 0.25) is 11.6 Å². The normalized spacial score (nSPS) is 11.4. The van der Waals surface area contributed by atoms with E-state index in [-0.39, 0.29) is 17.3 Å². The van der Waals surface area contributed by atoms with E-state index in [1.54, 1.807) is 37.4 Å². The van der Waals surface area contributed by atoms with E-state index in [0.29, 0.717) is 22.7 Å². The second-order valence-corrected chi connectivity index (χ2v) is 5.89. The summed E-state index contributed by atoms with van der Waals surface area (Å²) in [5.74, 6) is -0.543. The zero-order valence-electron chi connectivity index (χ0n) is 15.2. The molecule has 0 unspecified atom stereocenters. The van der Waals surface area contributed by atoms with Gasteiger partial charge in [0.1, 0.15) is 5.69 Å². The van der Waals surface area contributed by atoms with Crippen LogP contribution < -0.4 is 11.2 Å². The van der Waals surface area contributed by atoms with Gasteiger partial charge in [0.15, 0.2) is 5.69 Å². The topological polar surface area (TPSA) is 150 Å². The molecule has 0 radical (unpaired) electrons. The molecule has 144 valence electrons. The number of hydrogen-bond acceptors (Lipinski definition) is 9. The van der Waals surface area contributed by atoms with E-state index in [1.165, 1.54) is 0 Å². The first-order chi connectivity index (χ1) is 14.1. The van der Waals surface area contributed by atoms with Crippen molar-refractivity contribution in [3.8, 4) is 17.1 Å². The molecule has 0 saturated carbocycles. The third-order valence-electron chi connectivity index (χ3n) is 3.99. The third-order valence-corrected chi connectivity index (χ3v) is 3.99. The highest BCUT2D eigenvalue weighted by Crippen LogP contribution is 2.24. The highest BCUT2D eigenvalue weighted by molar-refractivity contribution is 6.01. The predicted molar refractivity (Wildman–Crippen MR) is 103 cm³/mol. The third kappa shape index (κ3) is 3.56. The molecular weight excluding hydrogens is 374 g/mol. The van der Waals surface area contributed by atoms with Crippen LogP contribution in [0, 0.1) is 0 Å². The number of nitrogens with one attached hydrogen (secondary N) is 1. The fourth-order valence-corrected chi connectivity index (χ4v) is 2.58. The number of carbonyl (C=O) groups is 1. The van der Waals surface area contributed by atoms with Crippen LogP contribution in [0.25, 0.3) is 17.1 Å². The SMILES string of the molecule is C/C(=N\NC(=O)c1c(-c2ccccc2)nnn1-c1nonc1N)c1ccccn1. The number of hydrogen-bond donors (Lipinski definition) is 2. The number of nitrogen functional groups attached to an aromatic ring is 1. The molecule has 3 aromatic heterocycles. The standard InChI is InChI=1S/C18H15N9O2/c1-11(13-9-5-6-10-20-13)21-23-18(28)15-14(12-7-3-2-4-8-12)22-26-27(15)17-16(19)24-29-25-17/h2-10H,1H3,(H2,19,24)(H,23,28)/b21-11+. The number of carbonyl (C=O) groups excluding carboxylic acids is 1. The summed E-state index contributed by atoms with van der Waals surface area (Å²) < 4.78 is 5.79. The Bertz CT molecular complexity index is 1170. The maximum absolute atomic E-state index is 13.0. The Morgan fingerprint density at radius 3 is 2.62 bits per heavy atom. The maximum atomic E-state index is 13.0. The summed E-state index contributed by atoms with van der Waals surface area (Å²) in [4.78, 5) is 17.2. The molecule has 0 spiro atoms. The second kappa shape index (κ2) is 7.68. The van der Waals surface area contributed by atoms with Gasteiger partial charge < -0.3 is 5.73 Å². The molecule has 0 bridgehead atoms. The Kier molecular flexibility index (Phi) is 4.76. The van der Waals surface area contributed by atoms with Crippen molar-refractivity contribution in [3.05, 3.63) is 66.1 Å². The Hall–Kier alpha value is -4.41. The van der Waals surface area contributed by atoms with Crippen molar-refractivity contribution < 1.29 is 9.42 Å². The summed E-state index contributed by atoms with van der Waals surface area (Å²) in [5, 5.41) is 19.5. The number of pyridine rings is 1. The minimum Gasteiger partial charge on any atom is -0.378 e. The highest BCUT2D eigenvalue weighted by atomic mass is 16.6. The lowest BCUT2D eigenvalue weighted by Gasteiger charge is -2.06. The smallest absolute Gasteiger partial charge is 0.292 e. The van der Waals surface area contributed by atoms with Crippen LogP contribution in [0.2, 0.25) is 0 Å². The summed E-state index contributed by atoms with van der Waals surface area (Å²) in [6.07, 6.45) is 1.64. The minimum absolute atomic E-state index is 0.0308. The van der Waals surface area contributed by atoms with Crippen LogP contribution in [0.4, 0.5) is 5.82 Å². The number of rotatable bonds is 5. The Morgan fingerprint density at radius 2 is 1.93 bits per heavy atom. The summed E-state index contributed by atoms with van der Waals surface area (Å²) in [7, 11) is 0. The number of nitrogens with two attached hydrogens (primary N) is 1. The van der Waals surface area contributed by atoms with Crippen LogP contribution in [0.3, 0.4) is 0 Å². The van der Waals surface area contributed by atoms with Gasteiger partial charge in [-0.2, -0.15) is 9.78 Å². The van der Waals surface area contributed by atoms with Gasteiger partial charge in [-0.05, 0) is 29.4 Å². The first-order valence-corrected chi connectivity index (χ1v) is 8.50. The van der Waals surface area contributed by atoms with Gasteiger partial charge in [0.05, 0.1) is 11.4 Å². The van der Waals surface area contributed by atoms with E-state index in [1.807, 2.05) is 24.3 Å². The van der Waals surface area contributed by atoms with E-state index in [0.717, 1.165) is 4.68 Å². The Balaban J connectivity index is 1.74. The molecule has 3 heterocycles. The first kappa shape index (κ1) is 18.0. The maximum Gasteiger partial charge on any atom is 0.292 e. The average molecular weight is 389 g/mol. The van der Waals surface area contributed by atoms with E-state index in [9.17, 15) is 4.79 Å². The fraction of sp³-hybridized carbons (Fsp3) is 0.0556. The monoisotopic (exact) mass is 389 g/mol.